The number of aryl methyl sites for hydroxylation is 1. The summed E-state index contributed by atoms with van der Waals surface area (Å²) >= 11 is 0. The Hall–Kier alpha value is -1.61. The number of rotatable bonds is 3. The SMILES string of the molecule is C=CC(=O)NC1c2ccccc2CCC1N(C)C. The van der Waals surface area contributed by atoms with Crippen molar-refractivity contribution in [2.75, 3.05) is 14.1 Å². The van der Waals surface area contributed by atoms with Gasteiger partial charge in [-0.1, -0.05) is 30.8 Å². The second kappa shape index (κ2) is 5.36. The Morgan fingerprint density at radius 3 is 2.83 bits per heavy atom. The van der Waals surface area contributed by atoms with Crippen molar-refractivity contribution in [2.24, 2.45) is 0 Å². The molecule has 0 aromatic heterocycles. The minimum atomic E-state index is -0.108. The fourth-order valence-electron chi connectivity index (χ4n) is 2.69. The van der Waals surface area contributed by atoms with Crippen LogP contribution in [0.5, 0.6) is 0 Å². The molecule has 2 unspecified atom stereocenters. The molecule has 1 aliphatic carbocycles. The van der Waals surface area contributed by atoms with Crippen molar-refractivity contribution < 1.29 is 4.79 Å². The van der Waals surface area contributed by atoms with Crippen molar-refractivity contribution in [3.63, 3.8) is 0 Å². The number of nitrogens with zero attached hydrogens (tertiary/aromatic N) is 1. The fourth-order valence-corrected chi connectivity index (χ4v) is 2.69. The quantitative estimate of drug-likeness (QED) is 0.824. The van der Waals surface area contributed by atoms with Gasteiger partial charge in [0.25, 0.3) is 0 Å². The first-order chi connectivity index (χ1) is 8.63. The summed E-state index contributed by atoms with van der Waals surface area (Å²) in [6, 6.07) is 8.73. The number of hydrogen-bond acceptors (Lipinski definition) is 2. The summed E-state index contributed by atoms with van der Waals surface area (Å²) in [5, 5.41) is 3.06. The number of fused-ring (bicyclic) bond motifs is 1. The molecule has 0 radical (unpaired) electrons. The van der Waals surface area contributed by atoms with Gasteiger partial charge in [0.2, 0.25) is 5.91 Å². The maximum absolute atomic E-state index is 11.6. The molecule has 1 aromatic rings. The third-order valence-corrected chi connectivity index (χ3v) is 3.63. The second-order valence-electron chi connectivity index (χ2n) is 4.96. The molecule has 0 saturated heterocycles. The minimum absolute atomic E-state index is 0.0513. The molecule has 1 N–H and O–H groups in total. The number of likely N-dealkylation sites (N-methyl/N-ethyl adjacent to an activating group) is 1. The topological polar surface area (TPSA) is 32.3 Å². The molecule has 96 valence electrons. The molecule has 3 heteroatoms. The van der Waals surface area contributed by atoms with Crippen LogP contribution in [0.4, 0.5) is 0 Å². The summed E-state index contributed by atoms with van der Waals surface area (Å²) < 4.78 is 0. The average Bonchev–Trinajstić information content (AvgIpc) is 2.38. The Morgan fingerprint density at radius 1 is 1.44 bits per heavy atom. The Balaban J connectivity index is 2.34. The number of carbonyl (C=O) groups excluding carboxylic acids is 1. The molecule has 1 aliphatic rings. The Kier molecular flexibility index (Phi) is 3.82. The van der Waals surface area contributed by atoms with Crippen LogP contribution in [-0.2, 0) is 11.2 Å². The van der Waals surface area contributed by atoms with Gasteiger partial charge in [0, 0.05) is 6.04 Å². The summed E-state index contributed by atoms with van der Waals surface area (Å²) in [7, 11) is 4.12. The molecule has 1 amide bonds. The van der Waals surface area contributed by atoms with Crippen LogP contribution in [0.25, 0.3) is 0 Å². The molecule has 2 rings (SSSR count). The zero-order valence-electron chi connectivity index (χ0n) is 11.0. The summed E-state index contributed by atoms with van der Waals surface area (Å²) in [4.78, 5) is 13.8. The van der Waals surface area contributed by atoms with Crippen LogP contribution >= 0.6 is 0 Å². The maximum atomic E-state index is 11.6. The largest absolute Gasteiger partial charge is 0.344 e. The predicted molar refractivity (Wildman–Crippen MR) is 73.3 cm³/mol. The highest BCUT2D eigenvalue weighted by Crippen LogP contribution is 2.32. The van der Waals surface area contributed by atoms with Gasteiger partial charge in [-0.15, -0.1) is 0 Å². The molecular formula is C15H20N2O. The number of benzene rings is 1. The van der Waals surface area contributed by atoms with E-state index in [9.17, 15) is 4.79 Å². The van der Waals surface area contributed by atoms with Crippen LogP contribution in [0.1, 0.15) is 23.6 Å². The summed E-state index contributed by atoms with van der Waals surface area (Å²) in [6.07, 6.45) is 3.47. The highest BCUT2D eigenvalue weighted by molar-refractivity contribution is 5.87. The van der Waals surface area contributed by atoms with Crippen LogP contribution in [0.15, 0.2) is 36.9 Å². The monoisotopic (exact) mass is 244 g/mol. The average molecular weight is 244 g/mol. The van der Waals surface area contributed by atoms with Crippen LogP contribution in [0.2, 0.25) is 0 Å². The molecule has 3 nitrogen and oxygen atoms in total. The third kappa shape index (κ3) is 2.46. The standard InChI is InChI=1S/C15H20N2O/c1-4-14(18)16-15-12-8-6-5-7-11(12)9-10-13(15)17(2)3/h4-8,13,15H,1,9-10H2,2-3H3,(H,16,18). The molecule has 0 spiro atoms. The van der Waals surface area contributed by atoms with Crippen molar-refractivity contribution in [1.82, 2.24) is 10.2 Å². The van der Waals surface area contributed by atoms with Crippen LogP contribution in [0, 0.1) is 0 Å². The highest BCUT2D eigenvalue weighted by Gasteiger charge is 2.31. The molecule has 0 fully saturated rings. The lowest BCUT2D eigenvalue weighted by molar-refractivity contribution is -0.117. The van der Waals surface area contributed by atoms with Gasteiger partial charge in [0.1, 0.15) is 0 Å². The first-order valence-corrected chi connectivity index (χ1v) is 6.30. The van der Waals surface area contributed by atoms with Crippen molar-refractivity contribution in [3.8, 4) is 0 Å². The highest BCUT2D eigenvalue weighted by atomic mass is 16.1. The number of amides is 1. The third-order valence-electron chi connectivity index (χ3n) is 3.63. The van der Waals surface area contributed by atoms with Gasteiger partial charge in [-0.25, -0.2) is 0 Å². The lowest BCUT2D eigenvalue weighted by Crippen LogP contribution is -2.45. The maximum Gasteiger partial charge on any atom is 0.243 e. The molecule has 0 heterocycles. The Labute approximate surface area is 108 Å². The van der Waals surface area contributed by atoms with Crippen LogP contribution in [0.3, 0.4) is 0 Å². The van der Waals surface area contributed by atoms with E-state index in [0.29, 0.717) is 6.04 Å². The van der Waals surface area contributed by atoms with Crippen molar-refractivity contribution in [3.05, 3.63) is 48.0 Å². The summed E-state index contributed by atoms with van der Waals surface area (Å²) in [5.74, 6) is -0.108. The van der Waals surface area contributed by atoms with Crippen molar-refractivity contribution in [1.29, 1.82) is 0 Å². The Morgan fingerprint density at radius 2 is 2.17 bits per heavy atom. The van der Waals surface area contributed by atoms with E-state index in [4.69, 9.17) is 0 Å². The first kappa shape index (κ1) is 12.8. The van der Waals surface area contributed by atoms with Gasteiger partial charge >= 0.3 is 0 Å². The molecule has 18 heavy (non-hydrogen) atoms. The number of nitrogens with one attached hydrogen (secondary N) is 1. The summed E-state index contributed by atoms with van der Waals surface area (Å²) in [6.45, 7) is 3.53. The predicted octanol–water partition coefficient (Wildman–Crippen LogP) is 1.91. The van der Waals surface area contributed by atoms with E-state index in [1.54, 1.807) is 0 Å². The van der Waals surface area contributed by atoms with E-state index in [0.717, 1.165) is 12.8 Å². The zero-order chi connectivity index (χ0) is 13.1. The number of hydrogen-bond donors (Lipinski definition) is 1. The van der Waals surface area contributed by atoms with Gasteiger partial charge < -0.3 is 10.2 Å². The normalized spacial score (nSPS) is 22.4. The van der Waals surface area contributed by atoms with E-state index in [-0.39, 0.29) is 11.9 Å². The second-order valence-corrected chi connectivity index (χ2v) is 4.96. The molecule has 0 bridgehead atoms. The smallest absolute Gasteiger partial charge is 0.243 e. The lowest BCUT2D eigenvalue weighted by Gasteiger charge is -2.37. The van der Waals surface area contributed by atoms with Gasteiger partial charge in [0.15, 0.2) is 0 Å². The molecule has 0 saturated carbocycles. The lowest BCUT2D eigenvalue weighted by atomic mass is 9.83. The fraction of sp³-hybridized carbons (Fsp3) is 0.400. The van der Waals surface area contributed by atoms with Crippen molar-refractivity contribution in [2.45, 2.75) is 24.9 Å². The van der Waals surface area contributed by atoms with E-state index in [2.05, 4.69) is 49.1 Å². The Bertz CT molecular complexity index is 454. The van der Waals surface area contributed by atoms with Gasteiger partial charge in [0.05, 0.1) is 6.04 Å². The van der Waals surface area contributed by atoms with Gasteiger partial charge in [-0.3, -0.25) is 4.79 Å². The van der Waals surface area contributed by atoms with Gasteiger partial charge in [-0.05, 0) is 44.1 Å². The van der Waals surface area contributed by atoms with E-state index < -0.39 is 0 Å². The van der Waals surface area contributed by atoms with Crippen LogP contribution < -0.4 is 5.32 Å². The summed E-state index contributed by atoms with van der Waals surface area (Å²) in [5.41, 5.74) is 2.57. The minimum Gasteiger partial charge on any atom is -0.344 e. The number of carbonyl (C=O) groups is 1. The zero-order valence-corrected chi connectivity index (χ0v) is 11.0. The van der Waals surface area contributed by atoms with E-state index >= 15 is 0 Å². The van der Waals surface area contributed by atoms with E-state index in [1.165, 1.54) is 17.2 Å². The van der Waals surface area contributed by atoms with Crippen molar-refractivity contribution >= 4 is 5.91 Å². The van der Waals surface area contributed by atoms with E-state index in [1.807, 2.05) is 6.07 Å². The molecule has 1 aromatic carbocycles. The van der Waals surface area contributed by atoms with Crippen LogP contribution in [-0.4, -0.2) is 30.9 Å². The first-order valence-electron chi connectivity index (χ1n) is 6.30. The van der Waals surface area contributed by atoms with Gasteiger partial charge in [-0.2, -0.15) is 0 Å². The molecular weight excluding hydrogens is 224 g/mol. The molecule has 0 aliphatic heterocycles. The molecule has 2 atom stereocenters.